The van der Waals surface area contributed by atoms with E-state index in [1.165, 1.54) is 25.7 Å². The molecule has 1 aromatic carbocycles. The van der Waals surface area contributed by atoms with Gasteiger partial charge in [-0.3, -0.25) is 0 Å². The van der Waals surface area contributed by atoms with Crippen LogP contribution in [-0.4, -0.2) is 17.6 Å². The van der Waals surface area contributed by atoms with Gasteiger partial charge in [0.25, 0.3) is 0 Å². The van der Waals surface area contributed by atoms with E-state index in [-0.39, 0.29) is 0 Å². The van der Waals surface area contributed by atoms with Crippen molar-refractivity contribution in [3.63, 3.8) is 0 Å². The summed E-state index contributed by atoms with van der Waals surface area (Å²) in [6.07, 6.45) is 7.72. The van der Waals surface area contributed by atoms with Gasteiger partial charge in [0.2, 0.25) is 0 Å². The minimum absolute atomic E-state index is 0.391. The van der Waals surface area contributed by atoms with E-state index in [4.69, 9.17) is 14.9 Å². The van der Waals surface area contributed by atoms with Crippen LogP contribution in [0.15, 0.2) is 34.9 Å². The van der Waals surface area contributed by atoms with E-state index in [1.807, 2.05) is 24.3 Å². The fraction of sp³-hybridized carbons (Fsp3) is 0.438. The number of hydrogen-bond acceptors (Lipinski definition) is 4. The molecular formula is C16H20N2O2. The lowest BCUT2D eigenvalue weighted by molar-refractivity contribution is 0.210. The highest BCUT2D eigenvalue weighted by Gasteiger charge is 2.16. The third kappa shape index (κ3) is 3.02. The van der Waals surface area contributed by atoms with Crippen molar-refractivity contribution in [3.8, 4) is 17.1 Å². The summed E-state index contributed by atoms with van der Waals surface area (Å²) in [5.41, 5.74) is 6.50. The number of nitrogens with zero attached hydrogens (tertiary/aromatic N) is 1. The molecule has 0 spiro atoms. The van der Waals surface area contributed by atoms with E-state index in [9.17, 15) is 0 Å². The van der Waals surface area contributed by atoms with Gasteiger partial charge in [0.1, 0.15) is 5.75 Å². The fourth-order valence-corrected chi connectivity index (χ4v) is 2.58. The number of ether oxygens (including phenoxy) is 1. The normalized spacial score (nSPS) is 15.7. The van der Waals surface area contributed by atoms with Crippen molar-refractivity contribution in [2.24, 2.45) is 5.73 Å². The van der Waals surface area contributed by atoms with Gasteiger partial charge in [-0.2, -0.15) is 0 Å². The maximum Gasteiger partial charge on any atom is 0.196 e. The maximum absolute atomic E-state index is 5.95. The average Bonchev–Trinajstić information content (AvgIpc) is 3.12. The molecule has 1 aromatic heterocycles. The molecule has 0 saturated heterocycles. The van der Waals surface area contributed by atoms with Crippen LogP contribution in [0.2, 0.25) is 0 Å². The molecule has 20 heavy (non-hydrogen) atoms. The molecular weight excluding hydrogens is 252 g/mol. The number of rotatable bonds is 5. The first-order chi connectivity index (χ1) is 9.85. The van der Waals surface area contributed by atoms with Crippen LogP contribution >= 0.6 is 0 Å². The Balaban J connectivity index is 1.68. The summed E-state index contributed by atoms with van der Waals surface area (Å²) in [5.74, 6) is 2.40. The average molecular weight is 272 g/mol. The van der Waals surface area contributed by atoms with Crippen LogP contribution in [0.4, 0.5) is 0 Å². The fourth-order valence-electron chi connectivity index (χ4n) is 2.58. The predicted octanol–water partition coefficient (Wildman–Crippen LogP) is 3.16. The zero-order valence-corrected chi connectivity index (χ0v) is 11.5. The van der Waals surface area contributed by atoms with Gasteiger partial charge in [-0.1, -0.05) is 0 Å². The highest BCUT2D eigenvalue weighted by atomic mass is 16.5. The van der Waals surface area contributed by atoms with Crippen LogP contribution in [0.25, 0.3) is 11.3 Å². The SMILES string of the molecule is NCCc1ncc(-c2ccc(OC3CCCC3)cc2)o1. The second-order valence-corrected chi connectivity index (χ2v) is 5.21. The molecule has 0 aliphatic heterocycles. The molecule has 0 atom stereocenters. The van der Waals surface area contributed by atoms with Gasteiger partial charge in [-0.05, 0) is 49.9 Å². The van der Waals surface area contributed by atoms with E-state index in [2.05, 4.69) is 4.98 Å². The second-order valence-electron chi connectivity index (χ2n) is 5.21. The summed E-state index contributed by atoms with van der Waals surface area (Å²) < 4.78 is 11.6. The third-order valence-corrected chi connectivity index (χ3v) is 3.66. The number of aromatic nitrogens is 1. The van der Waals surface area contributed by atoms with Crippen LogP contribution < -0.4 is 10.5 Å². The smallest absolute Gasteiger partial charge is 0.196 e. The van der Waals surface area contributed by atoms with E-state index in [1.54, 1.807) is 6.20 Å². The molecule has 2 N–H and O–H groups in total. The lowest BCUT2D eigenvalue weighted by Gasteiger charge is -2.12. The van der Waals surface area contributed by atoms with Crippen LogP contribution in [-0.2, 0) is 6.42 Å². The Kier molecular flexibility index (Phi) is 4.02. The van der Waals surface area contributed by atoms with E-state index in [0.717, 1.165) is 17.1 Å². The zero-order valence-electron chi connectivity index (χ0n) is 11.5. The van der Waals surface area contributed by atoms with Gasteiger partial charge in [0.05, 0.1) is 12.3 Å². The molecule has 3 rings (SSSR count). The topological polar surface area (TPSA) is 61.3 Å². The Morgan fingerprint density at radius 3 is 2.65 bits per heavy atom. The Morgan fingerprint density at radius 1 is 1.20 bits per heavy atom. The molecule has 106 valence electrons. The lowest BCUT2D eigenvalue weighted by atomic mass is 10.2. The highest BCUT2D eigenvalue weighted by molar-refractivity contribution is 5.57. The minimum Gasteiger partial charge on any atom is -0.490 e. The summed E-state index contributed by atoms with van der Waals surface area (Å²) in [6.45, 7) is 0.550. The Labute approximate surface area is 119 Å². The van der Waals surface area contributed by atoms with Crippen molar-refractivity contribution in [1.82, 2.24) is 4.98 Å². The molecule has 0 amide bonds. The van der Waals surface area contributed by atoms with Crippen molar-refractivity contribution in [2.75, 3.05) is 6.54 Å². The molecule has 1 aliphatic carbocycles. The van der Waals surface area contributed by atoms with Gasteiger partial charge in [0.15, 0.2) is 11.7 Å². The van der Waals surface area contributed by atoms with Crippen LogP contribution in [0.3, 0.4) is 0 Å². The van der Waals surface area contributed by atoms with Crippen LogP contribution in [0.5, 0.6) is 5.75 Å². The first-order valence-corrected chi connectivity index (χ1v) is 7.27. The minimum atomic E-state index is 0.391. The largest absolute Gasteiger partial charge is 0.490 e. The monoisotopic (exact) mass is 272 g/mol. The highest BCUT2D eigenvalue weighted by Crippen LogP contribution is 2.27. The first kappa shape index (κ1) is 13.2. The molecule has 4 nitrogen and oxygen atoms in total. The summed E-state index contributed by atoms with van der Waals surface area (Å²) in [5, 5.41) is 0. The Hall–Kier alpha value is -1.81. The molecule has 0 bridgehead atoms. The van der Waals surface area contributed by atoms with E-state index < -0.39 is 0 Å². The van der Waals surface area contributed by atoms with Crippen molar-refractivity contribution in [3.05, 3.63) is 36.4 Å². The van der Waals surface area contributed by atoms with E-state index in [0.29, 0.717) is 25.0 Å². The lowest BCUT2D eigenvalue weighted by Crippen LogP contribution is -2.10. The molecule has 1 aliphatic rings. The summed E-state index contributed by atoms with van der Waals surface area (Å²) in [6, 6.07) is 8.02. The second kappa shape index (κ2) is 6.09. The number of oxazole rings is 1. The van der Waals surface area contributed by atoms with Crippen molar-refractivity contribution in [2.45, 2.75) is 38.2 Å². The van der Waals surface area contributed by atoms with Gasteiger partial charge < -0.3 is 14.9 Å². The van der Waals surface area contributed by atoms with Gasteiger partial charge >= 0.3 is 0 Å². The van der Waals surface area contributed by atoms with Gasteiger partial charge in [-0.25, -0.2) is 4.98 Å². The van der Waals surface area contributed by atoms with E-state index >= 15 is 0 Å². The number of benzene rings is 1. The maximum atomic E-state index is 5.95. The molecule has 0 radical (unpaired) electrons. The Morgan fingerprint density at radius 2 is 1.95 bits per heavy atom. The third-order valence-electron chi connectivity index (χ3n) is 3.66. The van der Waals surface area contributed by atoms with Crippen molar-refractivity contribution < 1.29 is 9.15 Å². The zero-order chi connectivity index (χ0) is 13.8. The standard InChI is InChI=1S/C16H20N2O2/c17-10-9-16-18-11-15(20-16)12-5-7-14(8-6-12)19-13-3-1-2-4-13/h5-8,11,13H,1-4,9-10,17H2. The molecule has 0 unspecified atom stereocenters. The quantitative estimate of drug-likeness (QED) is 0.908. The van der Waals surface area contributed by atoms with Gasteiger partial charge in [-0.15, -0.1) is 0 Å². The van der Waals surface area contributed by atoms with Crippen molar-refractivity contribution >= 4 is 0 Å². The first-order valence-electron chi connectivity index (χ1n) is 7.27. The number of hydrogen-bond donors (Lipinski definition) is 1. The van der Waals surface area contributed by atoms with Gasteiger partial charge in [0, 0.05) is 18.5 Å². The molecule has 1 saturated carbocycles. The molecule has 4 heteroatoms. The molecule has 1 fully saturated rings. The summed E-state index contributed by atoms with van der Waals surface area (Å²) in [7, 11) is 0. The summed E-state index contributed by atoms with van der Waals surface area (Å²) >= 11 is 0. The molecule has 2 aromatic rings. The van der Waals surface area contributed by atoms with Crippen molar-refractivity contribution in [1.29, 1.82) is 0 Å². The number of nitrogens with two attached hydrogens (primary N) is 1. The summed E-state index contributed by atoms with van der Waals surface area (Å²) in [4.78, 5) is 4.21. The van der Waals surface area contributed by atoms with Crippen LogP contribution in [0, 0.1) is 0 Å². The Bertz CT molecular complexity index is 542. The predicted molar refractivity (Wildman–Crippen MR) is 77.6 cm³/mol. The van der Waals surface area contributed by atoms with Crippen LogP contribution in [0.1, 0.15) is 31.6 Å². The molecule has 1 heterocycles.